The first-order valence-corrected chi connectivity index (χ1v) is 9.90. The molecular formula is C21H24F3N3O4. The number of halogens is 3. The summed E-state index contributed by atoms with van der Waals surface area (Å²) in [6.45, 7) is 2.39. The highest BCUT2D eigenvalue weighted by Gasteiger charge is 2.44. The minimum Gasteiger partial charge on any atom is -0.497 e. The van der Waals surface area contributed by atoms with Crippen LogP contribution >= 0.6 is 0 Å². The molecule has 0 bridgehead atoms. The summed E-state index contributed by atoms with van der Waals surface area (Å²) in [4.78, 5) is 26.9. The minimum absolute atomic E-state index is 0.210. The van der Waals surface area contributed by atoms with Gasteiger partial charge >= 0.3 is 12.1 Å². The van der Waals surface area contributed by atoms with E-state index in [1.807, 2.05) is 29.4 Å². The fourth-order valence-electron chi connectivity index (χ4n) is 3.75. The van der Waals surface area contributed by atoms with Gasteiger partial charge in [-0.1, -0.05) is 12.1 Å². The molecule has 31 heavy (non-hydrogen) atoms. The summed E-state index contributed by atoms with van der Waals surface area (Å²) in [5.41, 5.74) is -1.26. The van der Waals surface area contributed by atoms with Crippen LogP contribution in [0.3, 0.4) is 0 Å². The predicted molar refractivity (Wildman–Crippen MR) is 104 cm³/mol. The maximum atomic E-state index is 12.8. The first-order valence-electron chi connectivity index (χ1n) is 9.90. The van der Waals surface area contributed by atoms with Crippen LogP contribution in [0.5, 0.6) is 5.75 Å². The number of nitrogens with zero attached hydrogens (tertiary/aromatic N) is 2. The highest BCUT2D eigenvalue weighted by Crippen LogP contribution is 2.37. The number of alkyl halides is 3. The number of nitrogens with one attached hydrogen (secondary N) is 1. The average Bonchev–Trinajstić information content (AvgIpc) is 3.25. The zero-order valence-corrected chi connectivity index (χ0v) is 17.3. The van der Waals surface area contributed by atoms with Crippen molar-refractivity contribution in [3.05, 3.63) is 47.3 Å². The Morgan fingerprint density at radius 3 is 2.35 bits per heavy atom. The van der Waals surface area contributed by atoms with Crippen LogP contribution in [0.15, 0.2) is 30.3 Å². The Bertz CT molecular complexity index is 917. The smallest absolute Gasteiger partial charge is 0.432 e. The van der Waals surface area contributed by atoms with Crippen molar-refractivity contribution in [1.29, 1.82) is 0 Å². The molecule has 0 unspecified atom stereocenters. The van der Waals surface area contributed by atoms with Gasteiger partial charge in [0.05, 0.1) is 19.1 Å². The summed E-state index contributed by atoms with van der Waals surface area (Å²) < 4.78 is 48.8. The molecule has 1 N–H and O–H groups in total. The molecule has 0 saturated carbocycles. The molecule has 1 aromatic heterocycles. The molecular weight excluding hydrogens is 415 g/mol. The molecule has 0 radical (unpaired) electrons. The number of hydrogen-bond donors (Lipinski definition) is 1. The minimum atomic E-state index is -4.61. The summed E-state index contributed by atoms with van der Waals surface area (Å²) in [6, 6.07) is 8.07. The number of likely N-dealkylation sites (tertiary alicyclic amines) is 1. The molecule has 1 aliphatic rings. The fraction of sp³-hybridized carbons (Fsp3) is 0.476. The Morgan fingerprint density at radius 1 is 1.19 bits per heavy atom. The van der Waals surface area contributed by atoms with Crippen LogP contribution in [-0.4, -0.2) is 53.8 Å². The van der Waals surface area contributed by atoms with Crippen LogP contribution in [0.1, 0.15) is 41.5 Å². The monoisotopic (exact) mass is 439 g/mol. The van der Waals surface area contributed by atoms with Gasteiger partial charge in [-0.05, 0) is 43.9 Å². The van der Waals surface area contributed by atoms with E-state index in [1.54, 1.807) is 14.0 Å². The number of esters is 1. The Balaban J connectivity index is 1.73. The van der Waals surface area contributed by atoms with E-state index in [0.717, 1.165) is 5.56 Å². The number of hydrogen-bond acceptors (Lipinski definition) is 5. The van der Waals surface area contributed by atoms with Gasteiger partial charge in [0.15, 0.2) is 5.69 Å². The lowest BCUT2D eigenvalue weighted by Crippen LogP contribution is -2.48. The van der Waals surface area contributed by atoms with E-state index in [4.69, 9.17) is 9.47 Å². The van der Waals surface area contributed by atoms with Crippen LogP contribution < -0.4 is 4.74 Å². The summed E-state index contributed by atoms with van der Waals surface area (Å²) in [7, 11) is 1.57. The average molecular weight is 439 g/mol. The molecule has 2 aromatic rings. The molecule has 168 valence electrons. The van der Waals surface area contributed by atoms with Crippen molar-refractivity contribution >= 4 is 11.9 Å². The largest absolute Gasteiger partial charge is 0.497 e. The van der Waals surface area contributed by atoms with Crippen molar-refractivity contribution in [3.63, 3.8) is 0 Å². The molecule has 3 rings (SSSR count). The van der Waals surface area contributed by atoms with E-state index in [9.17, 15) is 22.8 Å². The van der Waals surface area contributed by atoms with Gasteiger partial charge in [-0.2, -0.15) is 18.3 Å². The molecule has 1 fully saturated rings. The molecule has 10 heteroatoms. The highest BCUT2D eigenvalue weighted by atomic mass is 19.4. The number of methoxy groups -OCH3 is 1. The van der Waals surface area contributed by atoms with E-state index in [2.05, 4.69) is 5.10 Å². The lowest BCUT2D eigenvalue weighted by atomic mass is 9.73. The van der Waals surface area contributed by atoms with Crippen LogP contribution in [0.2, 0.25) is 0 Å². The molecule has 1 aliphatic heterocycles. The SMILES string of the molecule is CCOC(=O)C1(Cc2ccc(OC)cc2)CCN(C(=O)c2cc(C(F)(F)F)[nH]n2)CC1. The van der Waals surface area contributed by atoms with Crippen LogP contribution in [0.25, 0.3) is 0 Å². The van der Waals surface area contributed by atoms with E-state index in [-0.39, 0.29) is 31.4 Å². The zero-order valence-electron chi connectivity index (χ0n) is 17.3. The number of aromatic nitrogens is 2. The van der Waals surface area contributed by atoms with Crippen LogP contribution in [-0.2, 0) is 22.1 Å². The highest BCUT2D eigenvalue weighted by molar-refractivity contribution is 5.92. The van der Waals surface area contributed by atoms with Gasteiger partial charge in [0.2, 0.25) is 0 Å². The number of H-pyrrole nitrogens is 1. The number of rotatable bonds is 6. The standard InChI is InChI=1S/C21H24F3N3O4/c1-3-31-19(29)20(13-14-4-6-15(30-2)7-5-14)8-10-27(11-9-20)18(28)16-12-17(26-25-16)21(22,23)24/h4-7,12H,3,8-11,13H2,1-2H3,(H,25,26). The number of carbonyl (C=O) groups is 2. The number of piperidine rings is 1. The molecule has 1 amide bonds. The first kappa shape index (κ1) is 22.6. The maximum Gasteiger partial charge on any atom is 0.432 e. The van der Waals surface area contributed by atoms with E-state index >= 15 is 0 Å². The van der Waals surface area contributed by atoms with Crippen molar-refractivity contribution in [2.24, 2.45) is 5.41 Å². The summed E-state index contributed by atoms with van der Waals surface area (Å²) in [6.07, 6.45) is -3.51. The molecule has 1 saturated heterocycles. The topological polar surface area (TPSA) is 84.5 Å². The van der Waals surface area contributed by atoms with Gasteiger partial charge < -0.3 is 14.4 Å². The summed E-state index contributed by atoms with van der Waals surface area (Å²) in [5.74, 6) is -0.239. The summed E-state index contributed by atoms with van der Waals surface area (Å²) >= 11 is 0. The van der Waals surface area contributed by atoms with E-state index in [0.29, 0.717) is 31.1 Å². The molecule has 0 aliphatic carbocycles. The molecule has 0 spiro atoms. The van der Waals surface area contributed by atoms with Gasteiger partial charge in [0, 0.05) is 19.2 Å². The van der Waals surface area contributed by atoms with E-state index < -0.39 is 23.2 Å². The fourth-order valence-corrected chi connectivity index (χ4v) is 3.75. The van der Waals surface area contributed by atoms with Gasteiger partial charge in [-0.15, -0.1) is 0 Å². The van der Waals surface area contributed by atoms with Gasteiger partial charge in [0.1, 0.15) is 11.4 Å². The Kier molecular flexibility index (Phi) is 6.56. The molecule has 1 aromatic carbocycles. The number of benzene rings is 1. The normalized spacial score (nSPS) is 16.1. The molecule has 0 atom stereocenters. The van der Waals surface area contributed by atoms with Crippen molar-refractivity contribution in [2.45, 2.75) is 32.4 Å². The number of aromatic amines is 1. The van der Waals surface area contributed by atoms with Crippen LogP contribution in [0, 0.1) is 5.41 Å². The number of ether oxygens (including phenoxy) is 2. The third-order valence-corrected chi connectivity index (χ3v) is 5.52. The second-order valence-corrected chi connectivity index (χ2v) is 7.48. The second kappa shape index (κ2) is 8.99. The van der Waals surface area contributed by atoms with Crippen molar-refractivity contribution in [1.82, 2.24) is 15.1 Å². The first-order chi connectivity index (χ1) is 14.7. The second-order valence-electron chi connectivity index (χ2n) is 7.48. The third kappa shape index (κ3) is 5.00. The Labute approximate surface area is 177 Å². The quantitative estimate of drug-likeness (QED) is 0.697. The third-order valence-electron chi connectivity index (χ3n) is 5.52. The number of amides is 1. The molecule has 7 nitrogen and oxygen atoms in total. The lowest BCUT2D eigenvalue weighted by Gasteiger charge is -2.39. The van der Waals surface area contributed by atoms with Crippen molar-refractivity contribution in [2.75, 3.05) is 26.8 Å². The van der Waals surface area contributed by atoms with Gasteiger partial charge in [-0.25, -0.2) is 0 Å². The maximum absolute atomic E-state index is 12.8. The van der Waals surface area contributed by atoms with Crippen molar-refractivity contribution in [3.8, 4) is 5.75 Å². The lowest BCUT2D eigenvalue weighted by molar-refractivity contribution is -0.158. The Hall–Kier alpha value is -3.04. The summed E-state index contributed by atoms with van der Waals surface area (Å²) in [5, 5.41) is 5.36. The van der Waals surface area contributed by atoms with Gasteiger partial charge in [0.25, 0.3) is 5.91 Å². The van der Waals surface area contributed by atoms with Crippen molar-refractivity contribution < 1.29 is 32.2 Å². The zero-order chi connectivity index (χ0) is 22.6. The Morgan fingerprint density at radius 2 is 1.84 bits per heavy atom. The van der Waals surface area contributed by atoms with E-state index in [1.165, 1.54) is 4.90 Å². The number of carbonyl (C=O) groups excluding carboxylic acids is 2. The molecule has 2 heterocycles. The van der Waals surface area contributed by atoms with Crippen LogP contribution in [0.4, 0.5) is 13.2 Å². The van der Waals surface area contributed by atoms with Gasteiger partial charge in [-0.3, -0.25) is 14.7 Å². The predicted octanol–water partition coefficient (Wildman–Crippen LogP) is 3.47.